The van der Waals surface area contributed by atoms with E-state index in [0.29, 0.717) is 12.0 Å². The molecule has 1 aromatic rings. The minimum absolute atomic E-state index is 0.256. The lowest BCUT2D eigenvalue weighted by atomic mass is 9.87. The molecule has 2 heteroatoms. The third-order valence-electron chi connectivity index (χ3n) is 3.87. The molecule has 0 saturated heterocycles. The average Bonchev–Trinajstić information content (AvgIpc) is 2.33. The topological polar surface area (TPSA) is 32.3 Å². The van der Waals surface area contributed by atoms with E-state index in [-0.39, 0.29) is 11.5 Å². The van der Waals surface area contributed by atoms with Gasteiger partial charge in [0.15, 0.2) is 0 Å². The van der Waals surface area contributed by atoms with Gasteiger partial charge in [0.2, 0.25) is 0 Å². The van der Waals surface area contributed by atoms with Crippen molar-refractivity contribution in [2.45, 2.75) is 59.1 Å². The zero-order valence-corrected chi connectivity index (χ0v) is 13.0. The molecule has 2 nitrogen and oxygen atoms in total. The molecule has 0 fully saturated rings. The van der Waals surface area contributed by atoms with Gasteiger partial charge in [-0.15, -0.1) is 0 Å². The van der Waals surface area contributed by atoms with E-state index in [1.165, 1.54) is 5.56 Å². The van der Waals surface area contributed by atoms with Crippen molar-refractivity contribution in [1.82, 2.24) is 5.32 Å². The Bertz CT molecular complexity index is 353. The molecule has 108 valence electrons. The second-order valence-corrected chi connectivity index (χ2v) is 6.69. The summed E-state index contributed by atoms with van der Waals surface area (Å²) in [5.41, 5.74) is 1.56. The van der Waals surface area contributed by atoms with Gasteiger partial charge in [0, 0.05) is 12.6 Å². The van der Waals surface area contributed by atoms with Crippen LogP contribution in [0.5, 0.6) is 0 Å². The molecule has 3 atom stereocenters. The zero-order valence-electron chi connectivity index (χ0n) is 13.0. The van der Waals surface area contributed by atoms with E-state index in [2.05, 4.69) is 57.3 Å². The smallest absolute Gasteiger partial charge is 0.0518 e. The molecule has 0 radical (unpaired) electrons. The molecule has 0 heterocycles. The van der Waals surface area contributed by atoms with Gasteiger partial charge in [0.05, 0.1) is 6.10 Å². The third kappa shape index (κ3) is 5.75. The molecule has 0 bridgehead atoms. The van der Waals surface area contributed by atoms with Crippen LogP contribution in [0.15, 0.2) is 30.3 Å². The van der Waals surface area contributed by atoms with E-state index in [9.17, 15) is 5.11 Å². The number of nitrogens with one attached hydrogen (secondary N) is 1. The minimum Gasteiger partial charge on any atom is -0.393 e. The first-order valence-corrected chi connectivity index (χ1v) is 7.27. The fourth-order valence-electron chi connectivity index (χ4n) is 2.10. The summed E-state index contributed by atoms with van der Waals surface area (Å²) in [6, 6.07) is 10.9. The van der Waals surface area contributed by atoms with Gasteiger partial charge in [-0.2, -0.15) is 0 Å². The van der Waals surface area contributed by atoms with Gasteiger partial charge in [0.25, 0.3) is 0 Å². The molecular formula is C17H29NO. The van der Waals surface area contributed by atoms with Gasteiger partial charge >= 0.3 is 0 Å². The molecule has 0 spiro atoms. The molecule has 0 aromatic heterocycles. The largest absolute Gasteiger partial charge is 0.393 e. The summed E-state index contributed by atoms with van der Waals surface area (Å²) in [5.74, 6) is 0.367. The fraction of sp³-hybridized carbons (Fsp3) is 0.647. The van der Waals surface area contributed by atoms with Crippen LogP contribution in [0.2, 0.25) is 0 Å². The molecule has 0 aliphatic rings. The fourth-order valence-corrected chi connectivity index (χ4v) is 2.10. The molecule has 0 aliphatic carbocycles. The minimum atomic E-state index is -0.267. The zero-order chi connectivity index (χ0) is 14.5. The third-order valence-corrected chi connectivity index (χ3v) is 3.87. The second-order valence-electron chi connectivity index (χ2n) is 6.69. The van der Waals surface area contributed by atoms with Crippen LogP contribution in [-0.4, -0.2) is 23.8 Å². The maximum absolute atomic E-state index is 9.68. The highest BCUT2D eigenvalue weighted by molar-refractivity contribution is 5.20. The highest BCUT2D eigenvalue weighted by Gasteiger charge is 2.21. The number of rotatable bonds is 6. The van der Waals surface area contributed by atoms with Crippen LogP contribution < -0.4 is 5.32 Å². The number of benzene rings is 1. The van der Waals surface area contributed by atoms with Crippen molar-refractivity contribution in [2.24, 2.45) is 5.41 Å². The Morgan fingerprint density at radius 2 is 1.68 bits per heavy atom. The molecule has 0 aliphatic heterocycles. The monoisotopic (exact) mass is 263 g/mol. The van der Waals surface area contributed by atoms with Crippen molar-refractivity contribution in [1.29, 1.82) is 0 Å². The predicted octanol–water partition coefficient (Wildman–Crippen LogP) is 3.57. The van der Waals surface area contributed by atoms with Gasteiger partial charge < -0.3 is 10.4 Å². The average molecular weight is 263 g/mol. The summed E-state index contributed by atoms with van der Waals surface area (Å²) >= 11 is 0. The molecule has 19 heavy (non-hydrogen) atoms. The lowest BCUT2D eigenvalue weighted by molar-refractivity contribution is 0.170. The summed E-state index contributed by atoms with van der Waals surface area (Å²) in [6.45, 7) is 11.7. The SMILES string of the molecule is C[C@H](O)C[C@@H](CN[C@H](C)C(C)(C)C)c1ccccc1. The van der Waals surface area contributed by atoms with Crippen molar-refractivity contribution >= 4 is 0 Å². The first kappa shape index (κ1) is 16.2. The standard InChI is InChI=1S/C17H29NO/c1-13(19)11-16(15-9-7-6-8-10-15)12-18-14(2)17(3,4)5/h6-10,13-14,16,18-19H,11-12H2,1-5H3/t13-,14+,16-/m0/s1. The van der Waals surface area contributed by atoms with E-state index in [0.717, 1.165) is 13.0 Å². The molecule has 1 aromatic carbocycles. The highest BCUT2D eigenvalue weighted by Crippen LogP contribution is 2.23. The van der Waals surface area contributed by atoms with E-state index in [1.54, 1.807) is 0 Å². The Hall–Kier alpha value is -0.860. The Labute approximate surface area is 118 Å². The van der Waals surface area contributed by atoms with Crippen molar-refractivity contribution in [3.05, 3.63) is 35.9 Å². The second kappa shape index (κ2) is 7.06. The molecule has 0 saturated carbocycles. The first-order valence-electron chi connectivity index (χ1n) is 7.27. The van der Waals surface area contributed by atoms with Crippen LogP contribution in [0.3, 0.4) is 0 Å². The van der Waals surface area contributed by atoms with Gasteiger partial charge in [-0.1, -0.05) is 51.1 Å². The maximum atomic E-state index is 9.68. The highest BCUT2D eigenvalue weighted by atomic mass is 16.3. The Morgan fingerprint density at radius 3 is 2.16 bits per heavy atom. The summed E-state index contributed by atoms with van der Waals surface area (Å²) in [4.78, 5) is 0. The van der Waals surface area contributed by atoms with Crippen LogP contribution in [0.1, 0.15) is 52.5 Å². The summed E-state index contributed by atoms with van der Waals surface area (Å²) in [5, 5.41) is 13.3. The van der Waals surface area contributed by atoms with E-state index in [4.69, 9.17) is 0 Å². The lowest BCUT2D eigenvalue weighted by Crippen LogP contribution is -2.40. The van der Waals surface area contributed by atoms with Gasteiger partial charge in [-0.05, 0) is 37.2 Å². The summed E-state index contributed by atoms with van der Waals surface area (Å²) in [7, 11) is 0. The molecule has 2 N–H and O–H groups in total. The normalized spacial score (nSPS) is 16.9. The predicted molar refractivity (Wildman–Crippen MR) is 82.4 cm³/mol. The molecule has 0 amide bonds. The molecule has 1 rings (SSSR count). The quantitative estimate of drug-likeness (QED) is 0.822. The van der Waals surface area contributed by atoms with E-state index >= 15 is 0 Å². The Balaban J connectivity index is 2.66. The summed E-state index contributed by atoms with van der Waals surface area (Å²) < 4.78 is 0. The lowest BCUT2D eigenvalue weighted by Gasteiger charge is -2.30. The van der Waals surface area contributed by atoms with Crippen molar-refractivity contribution < 1.29 is 5.11 Å². The Kier molecular flexibility index (Phi) is 6.02. The van der Waals surface area contributed by atoms with E-state index in [1.807, 2.05) is 13.0 Å². The van der Waals surface area contributed by atoms with Gasteiger partial charge in [-0.25, -0.2) is 0 Å². The van der Waals surface area contributed by atoms with Gasteiger partial charge in [0.1, 0.15) is 0 Å². The first-order chi connectivity index (χ1) is 8.80. The van der Waals surface area contributed by atoms with Gasteiger partial charge in [-0.3, -0.25) is 0 Å². The van der Waals surface area contributed by atoms with Crippen molar-refractivity contribution in [2.75, 3.05) is 6.54 Å². The Morgan fingerprint density at radius 1 is 1.11 bits per heavy atom. The molecule has 0 unspecified atom stereocenters. The van der Waals surface area contributed by atoms with Crippen molar-refractivity contribution in [3.63, 3.8) is 0 Å². The summed E-state index contributed by atoms with van der Waals surface area (Å²) in [6.07, 6.45) is 0.533. The molecular weight excluding hydrogens is 234 g/mol. The number of aliphatic hydroxyl groups excluding tert-OH is 1. The number of hydrogen-bond donors (Lipinski definition) is 2. The van der Waals surface area contributed by atoms with Crippen LogP contribution in [0, 0.1) is 5.41 Å². The van der Waals surface area contributed by atoms with Crippen LogP contribution in [0.4, 0.5) is 0 Å². The van der Waals surface area contributed by atoms with Crippen LogP contribution in [-0.2, 0) is 0 Å². The maximum Gasteiger partial charge on any atom is 0.0518 e. The number of hydrogen-bond acceptors (Lipinski definition) is 2. The van der Waals surface area contributed by atoms with Crippen LogP contribution >= 0.6 is 0 Å². The van der Waals surface area contributed by atoms with Crippen LogP contribution in [0.25, 0.3) is 0 Å². The number of aliphatic hydroxyl groups is 1. The van der Waals surface area contributed by atoms with Crippen molar-refractivity contribution in [3.8, 4) is 0 Å². The van der Waals surface area contributed by atoms with E-state index < -0.39 is 0 Å².